The number of para-hydroxylation sites is 1. The molecule has 2 N–H and O–H groups in total. The summed E-state index contributed by atoms with van der Waals surface area (Å²) in [4.78, 5) is 37.0. The average Bonchev–Trinajstić information content (AvgIpc) is 2.64. The van der Waals surface area contributed by atoms with Gasteiger partial charge in [0.15, 0.2) is 0 Å². The second-order valence-electron chi connectivity index (χ2n) is 4.99. The number of hydrogen-bond acceptors (Lipinski definition) is 3. The van der Waals surface area contributed by atoms with E-state index in [0.29, 0.717) is 5.56 Å². The lowest BCUT2D eigenvalue weighted by molar-refractivity contribution is -0.140. The molecular weight excluding hydrogens is 258 g/mol. The number of carbonyl (C=O) groups excluding carboxylic acids is 3. The Morgan fingerprint density at radius 1 is 1.20 bits per heavy atom. The van der Waals surface area contributed by atoms with E-state index >= 15 is 0 Å². The molecule has 0 radical (unpaired) electrons. The molecule has 6 nitrogen and oxygen atoms in total. The molecule has 3 amide bonds. The van der Waals surface area contributed by atoms with Gasteiger partial charge in [0.2, 0.25) is 0 Å². The Morgan fingerprint density at radius 3 is 2.50 bits per heavy atom. The van der Waals surface area contributed by atoms with Gasteiger partial charge < -0.3 is 15.5 Å². The van der Waals surface area contributed by atoms with Crippen LogP contribution in [-0.2, 0) is 14.4 Å². The van der Waals surface area contributed by atoms with E-state index in [9.17, 15) is 14.4 Å². The summed E-state index contributed by atoms with van der Waals surface area (Å²) < 4.78 is 0. The van der Waals surface area contributed by atoms with Crippen LogP contribution < -0.4 is 15.5 Å². The smallest absolute Gasteiger partial charge is 0.310 e. The van der Waals surface area contributed by atoms with Gasteiger partial charge in [0.05, 0.1) is 0 Å². The summed E-state index contributed by atoms with van der Waals surface area (Å²) in [6.07, 6.45) is 0. The van der Waals surface area contributed by atoms with Gasteiger partial charge in [-0.25, -0.2) is 0 Å². The summed E-state index contributed by atoms with van der Waals surface area (Å²) >= 11 is 0. The van der Waals surface area contributed by atoms with E-state index in [0.717, 1.165) is 5.69 Å². The highest BCUT2D eigenvalue weighted by Crippen LogP contribution is 2.34. The molecule has 6 heteroatoms. The SMILES string of the molecule is CC(C)NC(=O)C(=O)N[C@H]1C(=O)N(C)c2ccccc21. The second-order valence-corrected chi connectivity index (χ2v) is 4.99. The molecule has 0 saturated heterocycles. The van der Waals surface area contributed by atoms with Crippen LogP contribution in [0.15, 0.2) is 24.3 Å². The summed E-state index contributed by atoms with van der Waals surface area (Å²) in [5.41, 5.74) is 1.44. The molecule has 0 aromatic heterocycles. The third-order valence-corrected chi connectivity index (χ3v) is 3.09. The largest absolute Gasteiger partial charge is 0.346 e. The van der Waals surface area contributed by atoms with Gasteiger partial charge in [0.25, 0.3) is 5.91 Å². The van der Waals surface area contributed by atoms with Crippen molar-refractivity contribution in [1.29, 1.82) is 0 Å². The fraction of sp³-hybridized carbons (Fsp3) is 0.357. The zero-order valence-corrected chi connectivity index (χ0v) is 11.6. The number of likely N-dealkylation sites (N-methyl/N-ethyl adjacent to an activating group) is 1. The van der Waals surface area contributed by atoms with E-state index in [2.05, 4.69) is 10.6 Å². The number of benzene rings is 1. The first-order chi connectivity index (χ1) is 9.41. The van der Waals surface area contributed by atoms with Crippen LogP contribution in [-0.4, -0.2) is 30.8 Å². The topological polar surface area (TPSA) is 78.5 Å². The van der Waals surface area contributed by atoms with Crippen molar-refractivity contribution in [3.05, 3.63) is 29.8 Å². The fourth-order valence-corrected chi connectivity index (χ4v) is 2.15. The highest BCUT2D eigenvalue weighted by Gasteiger charge is 2.36. The van der Waals surface area contributed by atoms with Crippen molar-refractivity contribution in [3.8, 4) is 0 Å². The second kappa shape index (κ2) is 5.32. The van der Waals surface area contributed by atoms with Crippen molar-refractivity contribution in [2.75, 3.05) is 11.9 Å². The van der Waals surface area contributed by atoms with E-state index in [-0.39, 0.29) is 11.9 Å². The summed E-state index contributed by atoms with van der Waals surface area (Å²) in [6.45, 7) is 3.52. The number of amides is 3. The molecule has 1 atom stereocenters. The Hall–Kier alpha value is -2.37. The van der Waals surface area contributed by atoms with Gasteiger partial charge in [-0.3, -0.25) is 14.4 Å². The van der Waals surface area contributed by atoms with Crippen molar-refractivity contribution >= 4 is 23.4 Å². The summed E-state index contributed by atoms with van der Waals surface area (Å²) in [5, 5.41) is 4.97. The van der Waals surface area contributed by atoms with E-state index < -0.39 is 17.9 Å². The molecule has 1 heterocycles. The van der Waals surface area contributed by atoms with Gasteiger partial charge in [0, 0.05) is 24.3 Å². The molecule has 0 unspecified atom stereocenters. The average molecular weight is 275 g/mol. The van der Waals surface area contributed by atoms with Gasteiger partial charge in [-0.15, -0.1) is 0 Å². The molecule has 0 aliphatic carbocycles. The minimum Gasteiger partial charge on any atom is -0.346 e. The van der Waals surface area contributed by atoms with Crippen LogP contribution in [0.5, 0.6) is 0 Å². The van der Waals surface area contributed by atoms with Gasteiger partial charge in [-0.05, 0) is 19.9 Å². The highest BCUT2D eigenvalue weighted by molar-refractivity contribution is 6.35. The van der Waals surface area contributed by atoms with E-state index in [4.69, 9.17) is 0 Å². The number of anilines is 1. The maximum absolute atomic E-state index is 12.1. The first-order valence-corrected chi connectivity index (χ1v) is 6.39. The van der Waals surface area contributed by atoms with Crippen LogP contribution in [0.2, 0.25) is 0 Å². The van der Waals surface area contributed by atoms with Crippen molar-refractivity contribution in [2.45, 2.75) is 25.9 Å². The quantitative estimate of drug-likeness (QED) is 0.764. The number of hydrogen-bond donors (Lipinski definition) is 2. The fourth-order valence-electron chi connectivity index (χ4n) is 2.15. The molecule has 1 aromatic rings. The first kappa shape index (κ1) is 14.0. The zero-order valence-electron chi connectivity index (χ0n) is 11.6. The standard InChI is InChI=1S/C14H17N3O3/c1-8(2)15-12(18)13(19)16-11-9-6-4-5-7-10(9)17(3)14(11)20/h4-8,11H,1-3H3,(H,15,18)(H,16,19)/t11-/m1/s1. The van der Waals surface area contributed by atoms with Crippen LogP contribution in [0.3, 0.4) is 0 Å². The molecule has 0 saturated carbocycles. The minimum absolute atomic E-state index is 0.137. The Kier molecular flexibility index (Phi) is 3.74. The van der Waals surface area contributed by atoms with Crippen LogP contribution >= 0.6 is 0 Å². The van der Waals surface area contributed by atoms with Gasteiger partial charge >= 0.3 is 11.8 Å². The first-order valence-electron chi connectivity index (χ1n) is 6.39. The van der Waals surface area contributed by atoms with Crippen LogP contribution in [0.1, 0.15) is 25.5 Å². The van der Waals surface area contributed by atoms with Gasteiger partial charge in [0.1, 0.15) is 6.04 Å². The molecule has 20 heavy (non-hydrogen) atoms. The predicted molar refractivity (Wildman–Crippen MR) is 74.0 cm³/mol. The van der Waals surface area contributed by atoms with Crippen molar-refractivity contribution in [2.24, 2.45) is 0 Å². The molecule has 2 rings (SSSR count). The molecule has 0 bridgehead atoms. The number of nitrogens with one attached hydrogen (secondary N) is 2. The van der Waals surface area contributed by atoms with Crippen LogP contribution in [0.25, 0.3) is 0 Å². The Labute approximate surface area is 117 Å². The molecular formula is C14H17N3O3. The normalized spacial score (nSPS) is 17.1. The maximum Gasteiger partial charge on any atom is 0.310 e. The van der Waals surface area contributed by atoms with Crippen LogP contribution in [0.4, 0.5) is 5.69 Å². The van der Waals surface area contributed by atoms with E-state index in [1.807, 2.05) is 6.07 Å². The van der Waals surface area contributed by atoms with Gasteiger partial charge in [-0.1, -0.05) is 18.2 Å². The van der Waals surface area contributed by atoms with Crippen molar-refractivity contribution in [3.63, 3.8) is 0 Å². The summed E-state index contributed by atoms with van der Waals surface area (Å²) in [5.74, 6) is -1.79. The Balaban J connectivity index is 2.16. The predicted octanol–water partition coefficient (Wildman–Crippen LogP) is 0.345. The molecule has 106 valence electrons. The zero-order chi connectivity index (χ0) is 14.9. The molecule has 1 aliphatic rings. The van der Waals surface area contributed by atoms with E-state index in [1.165, 1.54) is 4.90 Å². The van der Waals surface area contributed by atoms with Gasteiger partial charge in [-0.2, -0.15) is 0 Å². The summed E-state index contributed by atoms with van der Waals surface area (Å²) in [7, 11) is 1.64. The number of rotatable bonds is 2. The highest BCUT2D eigenvalue weighted by atomic mass is 16.2. The Morgan fingerprint density at radius 2 is 1.85 bits per heavy atom. The third-order valence-electron chi connectivity index (χ3n) is 3.09. The summed E-state index contributed by atoms with van der Waals surface area (Å²) in [6, 6.07) is 6.23. The third kappa shape index (κ3) is 2.49. The maximum atomic E-state index is 12.1. The van der Waals surface area contributed by atoms with Crippen molar-refractivity contribution in [1.82, 2.24) is 10.6 Å². The lowest BCUT2D eigenvalue weighted by atomic mass is 10.1. The molecule has 1 aliphatic heterocycles. The molecule has 0 fully saturated rings. The van der Waals surface area contributed by atoms with Crippen LogP contribution in [0, 0.1) is 0 Å². The number of nitrogens with zero attached hydrogens (tertiary/aromatic N) is 1. The minimum atomic E-state index is -0.804. The Bertz CT molecular complexity index is 569. The van der Waals surface area contributed by atoms with E-state index in [1.54, 1.807) is 39.1 Å². The molecule has 0 spiro atoms. The monoisotopic (exact) mass is 275 g/mol. The van der Waals surface area contributed by atoms with Crippen molar-refractivity contribution < 1.29 is 14.4 Å². The number of carbonyl (C=O) groups is 3. The molecule has 1 aromatic carbocycles. The lowest BCUT2D eigenvalue weighted by Crippen LogP contribution is -2.45. The number of fused-ring (bicyclic) bond motifs is 1. The lowest BCUT2D eigenvalue weighted by Gasteiger charge is -2.13.